The van der Waals surface area contributed by atoms with E-state index in [-0.39, 0.29) is 11.6 Å². The second kappa shape index (κ2) is 5.00. The molecular formula is C13H9N5O3. The van der Waals surface area contributed by atoms with Crippen LogP contribution in [0.2, 0.25) is 0 Å². The number of nitrogen functional groups attached to an aromatic ring is 1. The van der Waals surface area contributed by atoms with Gasteiger partial charge in [-0.3, -0.25) is 15.1 Å². The quantitative estimate of drug-likeness (QED) is 0.444. The third-order valence-corrected chi connectivity index (χ3v) is 2.84. The van der Waals surface area contributed by atoms with Gasteiger partial charge in [0.15, 0.2) is 0 Å². The highest BCUT2D eigenvalue weighted by atomic mass is 16.6. The molecular weight excluding hydrogens is 274 g/mol. The molecule has 2 heterocycles. The number of nitro groups is 1. The Hall–Kier alpha value is -3.29. The molecule has 0 saturated heterocycles. The zero-order valence-corrected chi connectivity index (χ0v) is 10.6. The zero-order valence-electron chi connectivity index (χ0n) is 10.6. The number of non-ortho nitro benzene ring substituents is 1. The number of hydrogen-bond acceptors (Lipinski definition) is 7. The van der Waals surface area contributed by atoms with E-state index in [0.29, 0.717) is 17.1 Å². The van der Waals surface area contributed by atoms with Crippen LogP contribution < -0.4 is 5.73 Å². The number of nitrogens with two attached hydrogens (primary N) is 1. The first-order chi connectivity index (χ1) is 10.1. The molecule has 0 amide bonds. The van der Waals surface area contributed by atoms with E-state index in [1.807, 2.05) is 0 Å². The maximum absolute atomic E-state index is 10.8. The standard InChI is InChI=1S/C13H9N5O3/c14-11-2-1-9(18(19)20)7-10(11)13-16-12(17-21-13)8-3-5-15-6-4-8/h1-7H,14H2. The van der Waals surface area contributed by atoms with Crippen molar-refractivity contribution in [1.29, 1.82) is 0 Å². The van der Waals surface area contributed by atoms with E-state index in [2.05, 4.69) is 15.1 Å². The number of anilines is 1. The van der Waals surface area contributed by atoms with Crippen molar-refractivity contribution in [3.63, 3.8) is 0 Å². The molecule has 2 aromatic heterocycles. The summed E-state index contributed by atoms with van der Waals surface area (Å²) >= 11 is 0. The third-order valence-electron chi connectivity index (χ3n) is 2.84. The van der Waals surface area contributed by atoms with Crippen LogP contribution in [0, 0.1) is 10.1 Å². The van der Waals surface area contributed by atoms with Crippen LogP contribution in [0.15, 0.2) is 47.2 Å². The predicted octanol–water partition coefficient (Wildman–Crippen LogP) is 2.29. The van der Waals surface area contributed by atoms with Crippen molar-refractivity contribution in [1.82, 2.24) is 15.1 Å². The van der Waals surface area contributed by atoms with Gasteiger partial charge >= 0.3 is 0 Å². The molecule has 0 aliphatic heterocycles. The Labute approximate surface area is 118 Å². The molecule has 8 nitrogen and oxygen atoms in total. The Morgan fingerprint density at radius 1 is 1.19 bits per heavy atom. The molecule has 0 spiro atoms. The number of aromatic nitrogens is 3. The van der Waals surface area contributed by atoms with Gasteiger partial charge in [-0.15, -0.1) is 0 Å². The average Bonchev–Trinajstić information content (AvgIpc) is 2.98. The highest BCUT2D eigenvalue weighted by molar-refractivity contribution is 5.74. The summed E-state index contributed by atoms with van der Waals surface area (Å²) in [6.45, 7) is 0. The molecule has 0 bridgehead atoms. The Kier molecular flexibility index (Phi) is 3.03. The first-order valence-electron chi connectivity index (χ1n) is 5.93. The van der Waals surface area contributed by atoms with E-state index in [9.17, 15) is 10.1 Å². The van der Waals surface area contributed by atoms with Gasteiger partial charge in [-0.05, 0) is 18.2 Å². The molecule has 0 aliphatic rings. The smallest absolute Gasteiger partial charge is 0.270 e. The number of nitrogens with zero attached hydrogens (tertiary/aromatic N) is 4. The SMILES string of the molecule is Nc1ccc([N+](=O)[O-])cc1-c1nc(-c2ccncc2)no1. The maximum Gasteiger partial charge on any atom is 0.270 e. The van der Waals surface area contributed by atoms with Gasteiger partial charge in [0.25, 0.3) is 11.6 Å². The number of rotatable bonds is 3. The van der Waals surface area contributed by atoms with Gasteiger partial charge in [-0.25, -0.2) is 0 Å². The summed E-state index contributed by atoms with van der Waals surface area (Å²) in [6, 6.07) is 7.51. The molecule has 3 aromatic rings. The highest BCUT2D eigenvalue weighted by Crippen LogP contribution is 2.29. The van der Waals surface area contributed by atoms with Crippen LogP contribution in [0.3, 0.4) is 0 Å². The van der Waals surface area contributed by atoms with Crippen LogP contribution >= 0.6 is 0 Å². The number of benzene rings is 1. The number of hydrogen-bond donors (Lipinski definition) is 1. The van der Waals surface area contributed by atoms with E-state index in [4.69, 9.17) is 10.3 Å². The van der Waals surface area contributed by atoms with Crippen LogP contribution in [0.25, 0.3) is 22.8 Å². The Bertz CT molecular complexity index is 801. The third kappa shape index (κ3) is 2.41. The van der Waals surface area contributed by atoms with Gasteiger partial charge in [0.1, 0.15) is 0 Å². The van der Waals surface area contributed by atoms with Crippen molar-refractivity contribution >= 4 is 11.4 Å². The molecule has 0 fully saturated rings. The fourth-order valence-electron chi connectivity index (χ4n) is 1.79. The molecule has 0 aliphatic carbocycles. The minimum absolute atomic E-state index is 0.0946. The predicted molar refractivity (Wildman–Crippen MR) is 74.0 cm³/mol. The molecule has 8 heteroatoms. The monoisotopic (exact) mass is 283 g/mol. The molecule has 104 valence electrons. The molecule has 0 radical (unpaired) electrons. The number of pyridine rings is 1. The van der Waals surface area contributed by atoms with Crippen molar-refractivity contribution in [2.45, 2.75) is 0 Å². The van der Waals surface area contributed by atoms with E-state index in [1.54, 1.807) is 24.5 Å². The van der Waals surface area contributed by atoms with Gasteiger partial charge in [0, 0.05) is 35.8 Å². The van der Waals surface area contributed by atoms with Crippen molar-refractivity contribution in [2.24, 2.45) is 0 Å². The lowest BCUT2D eigenvalue weighted by Crippen LogP contribution is -1.94. The van der Waals surface area contributed by atoms with Crippen LogP contribution in [-0.4, -0.2) is 20.0 Å². The Morgan fingerprint density at radius 2 is 1.95 bits per heavy atom. The van der Waals surface area contributed by atoms with Crippen LogP contribution in [0.1, 0.15) is 0 Å². The lowest BCUT2D eigenvalue weighted by molar-refractivity contribution is -0.384. The first-order valence-corrected chi connectivity index (χ1v) is 5.93. The summed E-state index contributed by atoms with van der Waals surface area (Å²) in [6.07, 6.45) is 3.21. The second-order valence-corrected chi connectivity index (χ2v) is 4.19. The van der Waals surface area contributed by atoms with E-state index in [1.165, 1.54) is 18.2 Å². The van der Waals surface area contributed by atoms with E-state index < -0.39 is 4.92 Å². The van der Waals surface area contributed by atoms with Crippen molar-refractivity contribution < 1.29 is 9.45 Å². The summed E-state index contributed by atoms with van der Waals surface area (Å²) in [5.41, 5.74) is 7.10. The van der Waals surface area contributed by atoms with Gasteiger partial charge < -0.3 is 10.3 Å². The van der Waals surface area contributed by atoms with Crippen LogP contribution in [0.4, 0.5) is 11.4 Å². The molecule has 0 atom stereocenters. The largest absolute Gasteiger partial charge is 0.398 e. The van der Waals surface area contributed by atoms with E-state index in [0.717, 1.165) is 5.56 Å². The maximum atomic E-state index is 10.8. The highest BCUT2D eigenvalue weighted by Gasteiger charge is 2.16. The second-order valence-electron chi connectivity index (χ2n) is 4.19. The minimum atomic E-state index is -0.511. The normalized spacial score (nSPS) is 10.5. The molecule has 3 rings (SSSR count). The summed E-state index contributed by atoms with van der Waals surface area (Å²) in [5, 5.41) is 14.7. The topological polar surface area (TPSA) is 121 Å². The summed E-state index contributed by atoms with van der Waals surface area (Å²) in [7, 11) is 0. The minimum Gasteiger partial charge on any atom is -0.398 e. The summed E-state index contributed by atoms with van der Waals surface area (Å²) in [4.78, 5) is 18.4. The molecule has 0 saturated carbocycles. The first kappa shape index (κ1) is 12.7. The van der Waals surface area contributed by atoms with Crippen LogP contribution in [-0.2, 0) is 0 Å². The molecule has 21 heavy (non-hydrogen) atoms. The Morgan fingerprint density at radius 3 is 2.67 bits per heavy atom. The number of nitro benzene ring substituents is 1. The van der Waals surface area contributed by atoms with Gasteiger partial charge in [0.2, 0.25) is 5.82 Å². The van der Waals surface area contributed by atoms with Crippen molar-refractivity contribution in [3.8, 4) is 22.8 Å². The van der Waals surface area contributed by atoms with Gasteiger partial charge in [-0.2, -0.15) is 4.98 Å². The molecule has 2 N–H and O–H groups in total. The molecule has 1 aromatic carbocycles. The van der Waals surface area contributed by atoms with Gasteiger partial charge in [-0.1, -0.05) is 5.16 Å². The fraction of sp³-hybridized carbons (Fsp3) is 0. The average molecular weight is 283 g/mol. The lowest BCUT2D eigenvalue weighted by atomic mass is 10.1. The summed E-state index contributed by atoms with van der Waals surface area (Å²) < 4.78 is 5.14. The summed E-state index contributed by atoms with van der Waals surface area (Å²) in [5.74, 6) is 0.487. The van der Waals surface area contributed by atoms with Crippen LogP contribution in [0.5, 0.6) is 0 Å². The zero-order chi connectivity index (χ0) is 14.8. The lowest BCUT2D eigenvalue weighted by Gasteiger charge is -1.99. The van der Waals surface area contributed by atoms with E-state index >= 15 is 0 Å². The van der Waals surface area contributed by atoms with Crippen molar-refractivity contribution in [2.75, 3.05) is 5.73 Å². The fourth-order valence-corrected chi connectivity index (χ4v) is 1.79. The molecule has 0 unspecified atom stereocenters. The Balaban J connectivity index is 2.04. The van der Waals surface area contributed by atoms with Crippen molar-refractivity contribution in [3.05, 3.63) is 52.8 Å². The van der Waals surface area contributed by atoms with Gasteiger partial charge in [0.05, 0.1) is 10.5 Å².